The third kappa shape index (κ3) is 5.23. The summed E-state index contributed by atoms with van der Waals surface area (Å²) < 4.78 is 26.6. The van der Waals surface area contributed by atoms with Crippen molar-refractivity contribution in [1.82, 2.24) is 19.3 Å². The summed E-state index contributed by atoms with van der Waals surface area (Å²) in [5.41, 5.74) is 0.601. The highest BCUT2D eigenvalue weighted by atomic mass is 32.2. The molecule has 1 aromatic heterocycles. The van der Waals surface area contributed by atoms with Crippen molar-refractivity contribution in [2.75, 3.05) is 13.6 Å². The van der Waals surface area contributed by atoms with E-state index in [1.54, 1.807) is 24.4 Å². The summed E-state index contributed by atoms with van der Waals surface area (Å²) in [5.74, 6) is 0. The SMILES string of the molecule is CCCNC(=O)NS(=O)(=O)N(C)Cc1ccccn1. The molecule has 0 saturated heterocycles. The largest absolute Gasteiger partial charge is 0.337 e. The Morgan fingerprint density at radius 1 is 1.42 bits per heavy atom. The number of amides is 2. The van der Waals surface area contributed by atoms with Gasteiger partial charge in [-0.05, 0) is 18.6 Å². The number of carbonyl (C=O) groups is 1. The van der Waals surface area contributed by atoms with Crippen molar-refractivity contribution >= 4 is 16.2 Å². The Morgan fingerprint density at radius 2 is 2.16 bits per heavy atom. The second-order valence-corrected chi connectivity index (χ2v) is 5.72. The lowest BCUT2D eigenvalue weighted by atomic mass is 10.3. The molecule has 0 radical (unpaired) electrons. The molecule has 0 aliphatic heterocycles. The number of carbonyl (C=O) groups excluding carboxylic acids is 1. The summed E-state index contributed by atoms with van der Waals surface area (Å²) in [5, 5.41) is 2.44. The van der Waals surface area contributed by atoms with Crippen molar-refractivity contribution in [3.63, 3.8) is 0 Å². The molecule has 0 atom stereocenters. The molecule has 106 valence electrons. The van der Waals surface area contributed by atoms with Crippen LogP contribution in [0.25, 0.3) is 0 Å². The van der Waals surface area contributed by atoms with Crippen LogP contribution in [-0.2, 0) is 16.8 Å². The number of rotatable bonds is 6. The number of nitrogens with one attached hydrogen (secondary N) is 2. The molecule has 0 aromatic carbocycles. The molecule has 1 heterocycles. The molecule has 0 saturated carbocycles. The van der Waals surface area contributed by atoms with Gasteiger partial charge in [0.15, 0.2) is 0 Å². The van der Waals surface area contributed by atoms with Crippen LogP contribution in [0.5, 0.6) is 0 Å². The van der Waals surface area contributed by atoms with Crippen LogP contribution >= 0.6 is 0 Å². The first kappa shape index (κ1) is 15.4. The van der Waals surface area contributed by atoms with Crippen molar-refractivity contribution in [1.29, 1.82) is 0 Å². The molecule has 1 aromatic rings. The Bertz CT molecular complexity index is 504. The van der Waals surface area contributed by atoms with Gasteiger partial charge in [-0.1, -0.05) is 13.0 Å². The standard InChI is InChI=1S/C11H18N4O3S/c1-3-7-13-11(16)14-19(17,18)15(2)9-10-6-4-5-8-12-10/h4-6,8H,3,7,9H2,1-2H3,(H2,13,14,16). The smallest absolute Gasteiger partial charge is 0.329 e. The highest BCUT2D eigenvalue weighted by molar-refractivity contribution is 7.87. The molecule has 2 amide bonds. The van der Waals surface area contributed by atoms with E-state index in [1.165, 1.54) is 7.05 Å². The van der Waals surface area contributed by atoms with Crippen LogP contribution in [0.3, 0.4) is 0 Å². The van der Waals surface area contributed by atoms with Crippen LogP contribution in [0.15, 0.2) is 24.4 Å². The lowest BCUT2D eigenvalue weighted by molar-refractivity contribution is 0.245. The molecule has 0 bridgehead atoms. The first-order valence-electron chi connectivity index (χ1n) is 5.87. The molecule has 19 heavy (non-hydrogen) atoms. The van der Waals surface area contributed by atoms with E-state index in [2.05, 4.69) is 10.3 Å². The predicted octanol–water partition coefficient (Wildman–Crippen LogP) is 0.467. The van der Waals surface area contributed by atoms with Crippen LogP contribution in [0, 0.1) is 0 Å². The summed E-state index contributed by atoms with van der Waals surface area (Å²) >= 11 is 0. The number of nitrogens with zero attached hydrogens (tertiary/aromatic N) is 2. The second-order valence-electron chi connectivity index (χ2n) is 3.94. The molecule has 0 aliphatic rings. The van der Waals surface area contributed by atoms with E-state index in [1.807, 2.05) is 11.6 Å². The van der Waals surface area contributed by atoms with Crippen molar-refractivity contribution in [3.8, 4) is 0 Å². The van der Waals surface area contributed by atoms with Gasteiger partial charge in [-0.15, -0.1) is 0 Å². The van der Waals surface area contributed by atoms with Gasteiger partial charge in [-0.25, -0.2) is 9.52 Å². The van der Waals surface area contributed by atoms with Gasteiger partial charge in [-0.3, -0.25) is 4.98 Å². The molecular weight excluding hydrogens is 268 g/mol. The van der Waals surface area contributed by atoms with Crippen LogP contribution in [0.4, 0.5) is 4.79 Å². The maximum Gasteiger partial charge on any atom is 0.329 e. The summed E-state index contributed by atoms with van der Waals surface area (Å²) in [7, 11) is -2.48. The second kappa shape index (κ2) is 7.05. The van der Waals surface area contributed by atoms with Gasteiger partial charge in [0.25, 0.3) is 0 Å². The van der Waals surface area contributed by atoms with E-state index in [-0.39, 0.29) is 6.54 Å². The summed E-state index contributed by atoms with van der Waals surface area (Å²) in [4.78, 5) is 15.4. The molecule has 0 unspecified atom stereocenters. The minimum Gasteiger partial charge on any atom is -0.337 e. The fourth-order valence-corrected chi connectivity index (χ4v) is 2.04. The lowest BCUT2D eigenvalue weighted by Gasteiger charge is -2.17. The van der Waals surface area contributed by atoms with Gasteiger partial charge in [0.2, 0.25) is 0 Å². The molecule has 0 aliphatic carbocycles. The zero-order chi connectivity index (χ0) is 14.3. The zero-order valence-corrected chi connectivity index (χ0v) is 11.8. The van der Waals surface area contributed by atoms with Gasteiger partial charge in [0.1, 0.15) is 0 Å². The van der Waals surface area contributed by atoms with Crippen molar-refractivity contribution in [3.05, 3.63) is 30.1 Å². The third-order valence-corrected chi connectivity index (χ3v) is 3.67. The number of hydrogen-bond donors (Lipinski definition) is 2. The Kier molecular flexibility index (Phi) is 5.71. The predicted molar refractivity (Wildman–Crippen MR) is 71.4 cm³/mol. The van der Waals surface area contributed by atoms with Crippen LogP contribution in [-0.4, -0.2) is 37.3 Å². The normalized spacial score (nSPS) is 11.3. The summed E-state index contributed by atoms with van der Waals surface area (Å²) in [6.45, 7) is 2.39. The Balaban J connectivity index is 2.59. The average Bonchev–Trinajstić information content (AvgIpc) is 2.37. The fraction of sp³-hybridized carbons (Fsp3) is 0.455. The molecular formula is C11H18N4O3S. The molecule has 2 N–H and O–H groups in total. The Labute approximate surface area is 113 Å². The van der Waals surface area contributed by atoms with E-state index < -0.39 is 16.2 Å². The Morgan fingerprint density at radius 3 is 2.74 bits per heavy atom. The highest BCUT2D eigenvalue weighted by Gasteiger charge is 2.20. The minimum absolute atomic E-state index is 0.0945. The summed E-state index contributed by atoms with van der Waals surface area (Å²) in [6, 6.07) is 4.50. The average molecular weight is 286 g/mol. The lowest BCUT2D eigenvalue weighted by Crippen LogP contribution is -2.45. The third-order valence-electron chi connectivity index (χ3n) is 2.28. The number of hydrogen-bond acceptors (Lipinski definition) is 4. The fourth-order valence-electron chi connectivity index (χ4n) is 1.27. The number of aromatic nitrogens is 1. The van der Waals surface area contributed by atoms with Crippen LogP contribution in [0.1, 0.15) is 19.0 Å². The number of urea groups is 1. The Hall–Kier alpha value is -1.67. The first-order chi connectivity index (χ1) is 8.95. The van der Waals surface area contributed by atoms with Gasteiger partial charge >= 0.3 is 16.2 Å². The molecule has 8 heteroatoms. The van der Waals surface area contributed by atoms with E-state index in [0.717, 1.165) is 10.7 Å². The minimum atomic E-state index is -3.86. The van der Waals surface area contributed by atoms with E-state index in [0.29, 0.717) is 12.2 Å². The maximum atomic E-state index is 11.8. The van der Waals surface area contributed by atoms with Gasteiger partial charge in [0.05, 0.1) is 12.2 Å². The van der Waals surface area contributed by atoms with E-state index >= 15 is 0 Å². The number of pyridine rings is 1. The summed E-state index contributed by atoms with van der Waals surface area (Å²) in [6.07, 6.45) is 2.31. The molecule has 7 nitrogen and oxygen atoms in total. The van der Waals surface area contributed by atoms with Crippen molar-refractivity contribution in [2.45, 2.75) is 19.9 Å². The van der Waals surface area contributed by atoms with Gasteiger partial charge < -0.3 is 5.32 Å². The van der Waals surface area contributed by atoms with Crippen LogP contribution < -0.4 is 10.0 Å². The topological polar surface area (TPSA) is 91.4 Å². The van der Waals surface area contributed by atoms with Crippen molar-refractivity contribution < 1.29 is 13.2 Å². The molecule has 1 rings (SSSR count). The zero-order valence-electron chi connectivity index (χ0n) is 11.0. The highest BCUT2D eigenvalue weighted by Crippen LogP contribution is 2.02. The van der Waals surface area contributed by atoms with Crippen LogP contribution in [0.2, 0.25) is 0 Å². The van der Waals surface area contributed by atoms with E-state index in [9.17, 15) is 13.2 Å². The quantitative estimate of drug-likeness (QED) is 0.795. The molecule has 0 spiro atoms. The van der Waals surface area contributed by atoms with Crippen molar-refractivity contribution in [2.24, 2.45) is 0 Å². The first-order valence-corrected chi connectivity index (χ1v) is 7.31. The maximum absolute atomic E-state index is 11.8. The monoisotopic (exact) mass is 286 g/mol. The van der Waals surface area contributed by atoms with Gasteiger partial charge in [-0.2, -0.15) is 12.7 Å². The van der Waals surface area contributed by atoms with E-state index in [4.69, 9.17) is 0 Å². The molecule has 0 fully saturated rings. The van der Waals surface area contributed by atoms with Gasteiger partial charge in [0, 0.05) is 19.8 Å².